The van der Waals surface area contributed by atoms with Crippen molar-refractivity contribution >= 4 is 66.3 Å². The number of carbonyl (C=O) groups excluding carboxylic acids is 9. The molecule has 2 heterocycles. The highest BCUT2D eigenvalue weighted by Gasteiger charge is 2.34. The van der Waals surface area contributed by atoms with Gasteiger partial charge in [0, 0.05) is 78.2 Å². The summed E-state index contributed by atoms with van der Waals surface area (Å²) < 4.78 is 32.8. The predicted octanol–water partition coefficient (Wildman–Crippen LogP) is 5.01. The first-order chi connectivity index (χ1) is 37.2. The smallest absolute Gasteiger partial charge is 0.357 e. The lowest BCUT2D eigenvalue weighted by atomic mass is 10.1. The van der Waals surface area contributed by atoms with E-state index in [9.17, 15) is 43.2 Å². The van der Waals surface area contributed by atoms with Gasteiger partial charge in [-0.25, -0.2) is 24.2 Å². The van der Waals surface area contributed by atoms with Crippen LogP contribution in [0.5, 0.6) is 0 Å². The van der Waals surface area contributed by atoms with E-state index >= 15 is 0 Å². The summed E-state index contributed by atoms with van der Waals surface area (Å²) in [6.45, 7) is 27.6. The van der Waals surface area contributed by atoms with E-state index in [4.69, 9.17) is 28.4 Å². The number of nitrogens with one attached hydrogen (secondary N) is 4. The number of hydrogen-bond acceptors (Lipinski definition) is 20. The zero-order chi connectivity index (χ0) is 60.4. The van der Waals surface area contributed by atoms with Gasteiger partial charge in [0.05, 0.1) is 30.6 Å². The van der Waals surface area contributed by atoms with E-state index in [-0.39, 0.29) is 80.8 Å². The molecule has 1 aliphatic rings. The van der Waals surface area contributed by atoms with Crippen LogP contribution in [-0.2, 0) is 68.5 Å². The van der Waals surface area contributed by atoms with E-state index in [1.807, 2.05) is 15.9 Å². The Bertz CT molecular complexity index is 2180. The lowest BCUT2D eigenvalue weighted by Crippen LogP contribution is -2.52. The van der Waals surface area contributed by atoms with E-state index in [0.717, 1.165) is 0 Å². The molecule has 2 rings (SSSR count). The molecule has 3 atom stereocenters. The molecule has 0 aliphatic carbocycles. The molecular weight excluding hydrogens is 1060 g/mol. The summed E-state index contributed by atoms with van der Waals surface area (Å²) in [5.74, 6) is -4.22. The predicted molar refractivity (Wildman–Crippen MR) is 302 cm³/mol. The molecule has 1 saturated heterocycles. The van der Waals surface area contributed by atoms with Crippen molar-refractivity contribution in [2.75, 3.05) is 58.9 Å². The number of esters is 6. The van der Waals surface area contributed by atoms with Crippen LogP contribution in [0.2, 0.25) is 0 Å². The Balaban J connectivity index is 2.04. The summed E-state index contributed by atoms with van der Waals surface area (Å²) >= 11 is 4.46. The lowest BCUT2D eigenvalue weighted by molar-refractivity contribution is -0.158. The largest absolute Gasteiger partial charge is 0.463 e. The summed E-state index contributed by atoms with van der Waals surface area (Å²) in [5, 5.41) is 10.7. The molecule has 4 amide bonds. The molecule has 24 heteroatoms. The molecule has 1 fully saturated rings. The second-order valence-corrected chi connectivity index (χ2v) is 24.3. The highest BCUT2D eigenvalue weighted by molar-refractivity contribution is 7.81. The average molecular weight is 1150 g/mol. The van der Waals surface area contributed by atoms with Gasteiger partial charge in [0.1, 0.15) is 40.0 Å². The number of hydrogen-bond donors (Lipinski definition) is 5. The van der Waals surface area contributed by atoms with Gasteiger partial charge in [0.2, 0.25) is 11.8 Å². The van der Waals surface area contributed by atoms with Crippen molar-refractivity contribution < 1.29 is 71.6 Å². The van der Waals surface area contributed by atoms with Crippen LogP contribution < -0.4 is 21.3 Å². The molecule has 1 aliphatic heterocycles. The third-order valence-corrected chi connectivity index (χ3v) is 11.6. The van der Waals surface area contributed by atoms with E-state index in [0.29, 0.717) is 83.9 Å². The zero-order valence-corrected chi connectivity index (χ0v) is 50.9. The Kier molecular flexibility index (Phi) is 30.5. The van der Waals surface area contributed by atoms with Crippen LogP contribution in [0.4, 0.5) is 4.79 Å². The minimum absolute atomic E-state index is 0.0102. The van der Waals surface area contributed by atoms with Gasteiger partial charge in [-0.3, -0.25) is 38.7 Å². The fraction of sp³-hybridized carbons (Fsp3) is 0.750. The maximum Gasteiger partial charge on any atom is 0.357 e. The van der Waals surface area contributed by atoms with Gasteiger partial charge in [-0.1, -0.05) is 6.07 Å². The monoisotopic (exact) mass is 1150 g/mol. The van der Waals surface area contributed by atoms with Crippen molar-refractivity contribution in [1.29, 1.82) is 0 Å². The van der Waals surface area contributed by atoms with Crippen molar-refractivity contribution in [3.05, 3.63) is 29.6 Å². The summed E-state index contributed by atoms with van der Waals surface area (Å²) in [5.41, 5.74) is -0.771. The van der Waals surface area contributed by atoms with Crippen molar-refractivity contribution in [3.8, 4) is 0 Å². The first kappa shape index (κ1) is 70.5. The minimum atomic E-state index is -1.25. The van der Waals surface area contributed by atoms with Crippen LogP contribution in [0.1, 0.15) is 171 Å². The molecule has 1 aromatic rings. The second kappa shape index (κ2) is 34.6. The maximum absolute atomic E-state index is 14.0. The van der Waals surface area contributed by atoms with Gasteiger partial charge in [-0.15, -0.1) is 12.6 Å². The number of amides is 4. The number of urea groups is 1. The van der Waals surface area contributed by atoms with Gasteiger partial charge in [0.15, 0.2) is 0 Å². The van der Waals surface area contributed by atoms with Gasteiger partial charge >= 0.3 is 41.8 Å². The van der Waals surface area contributed by atoms with Crippen LogP contribution in [0, 0.1) is 0 Å². The highest BCUT2D eigenvalue weighted by Crippen LogP contribution is 2.21. The van der Waals surface area contributed by atoms with Crippen LogP contribution in [0.3, 0.4) is 0 Å². The first-order valence-electron chi connectivity index (χ1n) is 27.9. The molecule has 0 aromatic carbocycles. The third kappa shape index (κ3) is 32.0. The number of nitrogens with zero attached hydrogens (tertiary/aromatic N) is 4. The van der Waals surface area contributed by atoms with E-state index in [2.05, 4.69) is 43.8 Å². The van der Waals surface area contributed by atoms with Crippen molar-refractivity contribution in [1.82, 2.24) is 41.0 Å². The Labute approximate surface area is 479 Å². The van der Waals surface area contributed by atoms with Crippen molar-refractivity contribution in [3.63, 3.8) is 0 Å². The molecule has 4 N–H and O–H groups in total. The average Bonchev–Trinajstić information content (AvgIpc) is 3.39. The fourth-order valence-electron chi connectivity index (χ4n) is 8.00. The number of rotatable bonds is 30. The first-order valence-corrected chi connectivity index (χ1v) is 28.4. The number of unbranched alkanes of at least 4 members (excludes halogenated alkanes) is 2. The maximum atomic E-state index is 14.0. The molecule has 0 saturated carbocycles. The van der Waals surface area contributed by atoms with Gasteiger partial charge in [-0.05, 0) is 148 Å². The summed E-state index contributed by atoms with van der Waals surface area (Å²) in [7, 11) is 0. The summed E-state index contributed by atoms with van der Waals surface area (Å²) in [4.78, 5) is 127. The standard InChI is InChI=1S/C56H94N8O15S/c1-37(2)74-47(67)26-22-43(51(71)78-55(10,11)12)61-53(73)60-42(49(69)76-39(5)6)21-24-45(65)57-27-16-15-17-28-58-46(66)25-23-44(52(72)79-56(13,14)80)64-33-31-62(29-30-63(32-34-64)36-48(68)75-38(3)4)35-40-19-18-20-41(59-40)50(70)77-54(7,8)9/h18-20,37-39,42-44,80H,15-17,21-36H2,1-14H3,(H,57,65)(H,58,66)(H2,60,61,73)/t42-,43-,44?/m0/s1. The Morgan fingerprint density at radius 3 is 1.62 bits per heavy atom. The minimum Gasteiger partial charge on any atom is -0.463 e. The molecule has 1 aromatic heterocycles. The molecule has 0 spiro atoms. The molecule has 454 valence electrons. The van der Waals surface area contributed by atoms with Crippen molar-refractivity contribution in [2.24, 2.45) is 0 Å². The second-order valence-electron chi connectivity index (χ2n) is 23.2. The van der Waals surface area contributed by atoms with Crippen LogP contribution in [-0.4, -0.2) is 185 Å². The number of aromatic nitrogens is 1. The molecule has 1 unspecified atom stereocenters. The number of thiol groups is 1. The molecule has 80 heavy (non-hydrogen) atoms. The SMILES string of the molecule is CC(C)OC(=O)CC[C@H](NC(=O)N[C@@H](CCC(=O)NCCCCCNC(=O)CCC(C(=O)OC(C)(C)S)N1CCN(CC(=O)OC(C)C)CCN(Cc2cccc(C(=O)OC(C)(C)C)n2)CC1)C(=O)OC(C)C)C(=O)OC(C)(C)C. The van der Waals surface area contributed by atoms with E-state index in [1.165, 1.54) is 0 Å². The number of carbonyl (C=O) groups is 9. The number of ether oxygens (including phenoxy) is 6. The van der Waals surface area contributed by atoms with Crippen LogP contribution in [0.15, 0.2) is 18.2 Å². The lowest BCUT2D eigenvalue weighted by Gasteiger charge is -2.33. The Morgan fingerprint density at radius 2 is 1.07 bits per heavy atom. The fourth-order valence-corrected chi connectivity index (χ4v) is 8.09. The normalized spacial score (nSPS) is 15.3. The Morgan fingerprint density at radius 1 is 0.575 bits per heavy atom. The molecule has 23 nitrogen and oxygen atoms in total. The molecule has 0 radical (unpaired) electrons. The van der Waals surface area contributed by atoms with Crippen molar-refractivity contribution in [2.45, 2.75) is 214 Å². The van der Waals surface area contributed by atoms with Gasteiger partial charge in [-0.2, -0.15) is 0 Å². The van der Waals surface area contributed by atoms with Gasteiger partial charge < -0.3 is 49.7 Å². The zero-order valence-electron chi connectivity index (χ0n) is 50.0. The summed E-state index contributed by atoms with van der Waals surface area (Å²) in [6.07, 6.45) is 0.194. The van der Waals surface area contributed by atoms with Crippen LogP contribution >= 0.6 is 12.6 Å². The van der Waals surface area contributed by atoms with E-state index in [1.54, 1.807) is 109 Å². The molecular formula is C56H94N8O15S. The topological polar surface area (TPSA) is 280 Å². The van der Waals surface area contributed by atoms with E-state index < -0.39 is 76.2 Å². The van der Waals surface area contributed by atoms with Gasteiger partial charge in [0.25, 0.3) is 0 Å². The quantitative estimate of drug-likeness (QED) is 0.0223. The van der Waals surface area contributed by atoms with Crippen LogP contribution in [0.25, 0.3) is 0 Å². The number of pyridine rings is 1. The highest BCUT2D eigenvalue weighted by atomic mass is 32.1. The summed E-state index contributed by atoms with van der Waals surface area (Å²) in [6, 6.07) is 0.942. The third-order valence-electron chi connectivity index (χ3n) is 11.5. The molecule has 0 bridgehead atoms. The Hall–Kier alpha value is -5.59.